The van der Waals surface area contributed by atoms with Crippen LogP contribution in [0.3, 0.4) is 0 Å². The van der Waals surface area contributed by atoms with Crippen LogP contribution in [-0.4, -0.2) is 61.0 Å². The molecule has 5 rings (SSSR count). The number of pyridine rings is 1. The molecule has 1 atom stereocenters. The molecule has 2 aliphatic rings. The summed E-state index contributed by atoms with van der Waals surface area (Å²) in [5.41, 5.74) is 3.29. The van der Waals surface area contributed by atoms with Crippen LogP contribution in [0.2, 0.25) is 0 Å². The first kappa shape index (κ1) is 24.8. The minimum Gasteiger partial charge on any atom is -0.349 e. The number of rotatable bonds is 6. The summed E-state index contributed by atoms with van der Waals surface area (Å²) in [6.07, 6.45) is 1.93. The van der Waals surface area contributed by atoms with Crippen molar-refractivity contribution >= 4 is 34.8 Å². The zero-order valence-corrected chi connectivity index (χ0v) is 21.6. The van der Waals surface area contributed by atoms with Gasteiger partial charge in [0.2, 0.25) is 5.91 Å². The molecule has 0 radical (unpaired) electrons. The summed E-state index contributed by atoms with van der Waals surface area (Å²) in [5.74, 6) is 1.38. The van der Waals surface area contributed by atoms with Gasteiger partial charge >= 0.3 is 0 Å². The summed E-state index contributed by atoms with van der Waals surface area (Å²) in [7, 11) is 3.90. The van der Waals surface area contributed by atoms with Crippen LogP contribution in [0.25, 0.3) is 0 Å². The van der Waals surface area contributed by atoms with E-state index in [4.69, 9.17) is 4.98 Å². The van der Waals surface area contributed by atoms with Crippen LogP contribution in [0.15, 0.2) is 66.7 Å². The Bertz CT molecular complexity index is 1270. The first-order valence-electron chi connectivity index (χ1n) is 12.8. The van der Waals surface area contributed by atoms with E-state index in [9.17, 15) is 9.59 Å². The van der Waals surface area contributed by atoms with Crippen molar-refractivity contribution in [1.82, 2.24) is 15.2 Å². The van der Waals surface area contributed by atoms with E-state index in [1.807, 2.05) is 66.4 Å². The van der Waals surface area contributed by atoms with Gasteiger partial charge < -0.3 is 25.3 Å². The fraction of sp³-hybridized carbons (Fsp3) is 0.345. The molecule has 0 spiro atoms. The summed E-state index contributed by atoms with van der Waals surface area (Å²) < 4.78 is 0. The second-order valence-electron chi connectivity index (χ2n) is 9.98. The van der Waals surface area contributed by atoms with Gasteiger partial charge in [-0.05, 0) is 75.8 Å². The SMILES string of the molecule is C[C@@H]1C(=O)N(C)c2ccc(Nc3cccc(C(=O)NC4CCN(C)CC4)c3)nc2N1Cc1ccccc1. The lowest BCUT2D eigenvalue weighted by molar-refractivity contribution is -0.119. The van der Waals surface area contributed by atoms with Crippen molar-refractivity contribution < 1.29 is 9.59 Å². The molecule has 3 aromatic rings. The fourth-order valence-corrected chi connectivity index (χ4v) is 5.00. The second kappa shape index (κ2) is 10.6. The summed E-state index contributed by atoms with van der Waals surface area (Å²) >= 11 is 0. The minimum absolute atomic E-state index is 0.0364. The van der Waals surface area contributed by atoms with Crippen molar-refractivity contribution in [2.45, 2.75) is 38.4 Å². The molecule has 1 aromatic heterocycles. The van der Waals surface area contributed by atoms with E-state index < -0.39 is 0 Å². The van der Waals surface area contributed by atoms with Gasteiger partial charge in [0.15, 0.2) is 5.82 Å². The van der Waals surface area contributed by atoms with Crippen LogP contribution in [0, 0.1) is 0 Å². The van der Waals surface area contributed by atoms with E-state index in [2.05, 4.69) is 34.7 Å². The average molecular weight is 499 g/mol. The third-order valence-electron chi connectivity index (χ3n) is 7.29. The number of hydrogen-bond donors (Lipinski definition) is 2. The van der Waals surface area contributed by atoms with Crippen molar-refractivity contribution in [2.24, 2.45) is 0 Å². The number of aromatic nitrogens is 1. The van der Waals surface area contributed by atoms with Crippen molar-refractivity contribution in [1.29, 1.82) is 0 Å². The molecule has 1 fully saturated rings. The van der Waals surface area contributed by atoms with E-state index in [1.165, 1.54) is 0 Å². The largest absolute Gasteiger partial charge is 0.349 e. The third-order valence-corrected chi connectivity index (χ3v) is 7.29. The molecule has 2 aromatic carbocycles. The number of likely N-dealkylation sites (N-methyl/N-ethyl adjacent to an activating group) is 1. The van der Waals surface area contributed by atoms with Gasteiger partial charge in [-0.1, -0.05) is 36.4 Å². The van der Waals surface area contributed by atoms with Gasteiger partial charge in [0.25, 0.3) is 5.91 Å². The van der Waals surface area contributed by atoms with Crippen molar-refractivity contribution in [3.63, 3.8) is 0 Å². The normalized spacial score (nSPS) is 18.5. The Hall–Kier alpha value is -3.91. The molecule has 2 amide bonds. The van der Waals surface area contributed by atoms with Crippen LogP contribution in [0.4, 0.5) is 23.0 Å². The van der Waals surface area contributed by atoms with E-state index in [0.29, 0.717) is 17.9 Å². The van der Waals surface area contributed by atoms with Gasteiger partial charge in [-0.2, -0.15) is 0 Å². The monoisotopic (exact) mass is 498 g/mol. The van der Waals surface area contributed by atoms with Crippen LogP contribution in [-0.2, 0) is 11.3 Å². The Morgan fingerprint density at radius 1 is 1.00 bits per heavy atom. The maximum absolute atomic E-state index is 12.9. The van der Waals surface area contributed by atoms with Crippen LogP contribution in [0.1, 0.15) is 35.7 Å². The van der Waals surface area contributed by atoms with Crippen LogP contribution in [0.5, 0.6) is 0 Å². The van der Waals surface area contributed by atoms with Gasteiger partial charge in [0.05, 0.1) is 5.69 Å². The average Bonchev–Trinajstić information content (AvgIpc) is 2.92. The number of amides is 2. The molecule has 1 saturated heterocycles. The topological polar surface area (TPSA) is 80.8 Å². The van der Waals surface area contributed by atoms with E-state index >= 15 is 0 Å². The molecule has 192 valence electrons. The van der Waals surface area contributed by atoms with E-state index in [1.54, 1.807) is 11.9 Å². The summed E-state index contributed by atoms with van der Waals surface area (Å²) in [5, 5.41) is 6.53. The smallest absolute Gasteiger partial charge is 0.251 e. The molecule has 0 bridgehead atoms. The number of fused-ring (bicyclic) bond motifs is 1. The lowest BCUT2D eigenvalue weighted by atomic mass is 10.0. The zero-order chi connectivity index (χ0) is 25.9. The number of nitrogens with one attached hydrogen (secondary N) is 2. The summed E-state index contributed by atoms with van der Waals surface area (Å²) in [4.78, 5) is 36.7. The molecule has 2 N–H and O–H groups in total. The van der Waals surface area contributed by atoms with E-state index in [0.717, 1.165) is 48.7 Å². The summed E-state index contributed by atoms with van der Waals surface area (Å²) in [6, 6.07) is 21.2. The van der Waals surface area contributed by atoms with Gasteiger partial charge in [-0.15, -0.1) is 0 Å². The maximum Gasteiger partial charge on any atom is 0.251 e. The number of piperidine rings is 1. The zero-order valence-electron chi connectivity index (χ0n) is 21.6. The molecule has 8 nitrogen and oxygen atoms in total. The number of likely N-dealkylation sites (tertiary alicyclic amines) is 1. The first-order valence-corrected chi connectivity index (χ1v) is 12.8. The lowest BCUT2D eigenvalue weighted by Gasteiger charge is -2.39. The molecular formula is C29H34N6O2. The highest BCUT2D eigenvalue weighted by Gasteiger charge is 2.34. The highest BCUT2D eigenvalue weighted by Crippen LogP contribution is 2.36. The van der Waals surface area contributed by atoms with Crippen molar-refractivity contribution in [3.05, 3.63) is 77.9 Å². The number of carbonyl (C=O) groups is 2. The van der Waals surface area contributed by atoms with Gasteiger partial charge in [-0.25, -0.2) is 4.98 Å². The highest BCUT2D eigenvalue weighted by molar-refractivity contribution is 6.04. The minimum atomic E-state index is -0.341. The number of nitrogens with zero attached hydrogens (tertiary/aromatic N) is 4. The molecule has 0 saturated carbocycles. The maximum atomic E-state index is 12.9. The highest BCUT2D eigenvalue weighted by atomic mass is 16.2. The van der Waals surface area contributed by atoms with Crippen molar-refractivity contribution in [2.75, 3.05) is 42.3 Å². The van der Waals surface area contributed by atoms with Gasteiger partial charge in [0, 0.05) is 30.9 Å². The molecule has 0 unspecified atom stereocenters. The second-order valence-corrected chi connectivity index (χ2v) is 9.98. The van der Waals surface area contributed by atoms with Crippen molar-refractivity contribution in [3.8, 4) is 0 Å². The molecule has 3 heterocycles. The molecule has 2 aliphatic heterocycles. The lowest BCUT2D eigenvalue weighted by Crippen LogP contribution is -2.50. The Labute approximate surface area is 218 Å². The quantitative estimate of drug-likeness (QED) is 0.534. The number of carbonyl (C=O) groups excluding carboxylic acids is 2. The van der Waals surface area contributed by atoms with E-state index in [-0.39, 0.29) is 23.9 Å². The number of benzene rings is 2. The first-order chi connectivity index (χ1) is 17.9. The predicted octanol–water partition coefficient (Wildman–Crippen LogP) is 4.02. The third kappa shape index (κ3) is 5.44. The molecule has 0 aliphatic carbocycles. The Balaban J connectivity index is 1.35. The summed E-state index contributed by atoms with van der Waals surface area (Å²) in [6.45, 7) is 4.49. The fourth-order valence-electron chi connectivity index (χ4n) is 5.00. The molecule has 37 heavy (non-hydrogen) atoms. The van der Waals surface area contributed by atoms with Gasteiger partial charge in [0.1, 0.15) is 11.9 Å². The Kier molecular flexibility index (Phi) is 7.10. The van der Waals surface area contributed by atoms with Gasteiger partial charge in [-0.3, -0.25) is 9.59 Å². The van der Waals surface area contributed by atoms with Crippen LogP contribution >= 0.6 is 0 Å². The number of hydrogen-bond acceptors (Lipinski definition) is 6. The Morgan fingerprint density at radius 3 is 2.51 bits per heavy atom. The standard InChI is InChI=1S/C29H34N6O2/c1-20-29(37)34(3)25-12-13-26(32-27(25)35(20)19-21-8-5-4-6-9-21)30-24-11-7-10-22(18-24)28(36)31-23-14-16-33(2)17-15-23/h4-13,18,20,23H,14-17,19H2,1-3H3,(H,30,32)(H,31,36)/t20-/m1/s1. The van der Waals surface area contributed by atoms with Crippen LogP contribution < -0.4 is 20.4 Å². The Morgan fingerprint density at radius 2 is 1.76 bits per heavy atom. The predicted molar refractivity (Wildman–Crippen MR) is 147 cm³/mol. The molecular weight excluding hydrogens is 464 g/mol. The number of anilines is 4. The molecule has 8 heteroatoms.